The summed E-state index contributed by atoms with van der Waals surface area (Å²) in [5.74, 6) is 0. The van der Waals surface area contributed by atoms with Gasteiger partial charge in [0.25, 0.3) is 0 Å². The topological polar surface area (TPSA) is 61.6 Å². The van der Waals surface area contributed by atoms with E-state index in [1.807, 2.05) is 12.2 Å². The van der Waals surface area contributed by atoms with Crippen molar-refractivity contribution < 1.29 is 10.4 Å². The van der Waals surface area contributed by atoms with Crippen LogP contribution in [0.3, 0.4) is 0 Å². The molecule has 3 N–H and O–H groups in total. The molecular weight excluding hydrogens is 162 g/mol. The molecule has 0 bridgehead atoms. The van der Waals surface area contributed by atoms with Gasteiger partial charge in [0.15, 0.2) is 0 Å². The molecule has 0 radical (unpaired) electrons. The fourth-order valence-corrected chi connectivity index (χ4v) is 0.810. The minimum absolute atomic E-state index is 0.208. The van der Waals surface area contributed by atoms with Crippen molar-refractivity contribution in [3.8, 4) is 0 Å². The molecule has 0 fully saturated rings. The Bertz CT molecular complexity index is 138. The summed E-state index contributed by atoms with van der Waals surface area (Å²) in [7, 11) is 0. The molecule has 4 nitrogen and oxygen atoms in total. The van der Waals surface area contributed by atoms with Crippen LogP contribution in [0.1, 0.15) is 6.92 Å². The highest BCUT2D eigenvalue weighted by atomic mass is 32.2. The van der Waals surface area contributed by atoms with Gasteiger partial charge in [-0.05, 0) is 6.92 Å². The number of aliphatic hydroxyl groups is 1. The summed E-state index contributed by atoms with van der Waals surface area (Å²) in [6.45, 7) is 6.95. The third kappa shape index (κ3) is 7.51. The van der Waals surface area contributed by atoms with E-state index in [4.69, 9.17) is 5.11 Å². The lowest BCUT2D eigenvalue weighted by Gasteiger charge is -1.96. The first-order chi connectivity index (χ1) is 5.31. The van der Waals surface area contributed by atoms with Crippen LogP contribution < -0.4 is 5.32 Å². The Morgan fingerprint density at radius 1 is 1.73 bits per heavy atom. The summed E-state index contributed by atoms with van der Waals surface area (Å²) >= 11 is 1.09. The number of quaternary nitrogens is 1. The van der Waals surface area contributed by atoms with Crippen LogP contribution in [-0.4, -0.2) is 37.2 Å². The second-order valence-electron chi connectivity index (χ2n) is 2.04. The molecule has 0 spiro atoms. The molecule has 0 saturated heterocycles. The summed E-state index contributed by atoms with van der Waals surface area (Å²) in [6, 6.07) is 0. The third-order valence-electron chi connectivity index (χ3n) is 1.03. The molecular formula is C6H14N3OS+. The fraction of sp³-hybridized carbons (Fsp3) is 0.667. The molecule has 5 heteroatoms. The van der Waals surface area contributed by atoms with Crippen LogP contribution >= 0.6 is 12.1 Å². The number of rotatable bonds is 6. The minimum Gasteiger partial charge on any atom is -0.391 e. The van der Waals surface area contributed by atoms with Gasteiger partial charge in [0, 0.05) is 6.72 Å². The summed E-state index contributed by atoms with van der Waals surface area (Å²) in [6.07, 6.45) is 0. The first-order valence-corrected chi connectivity index (χ1v) is 4.12. The van der Waals surface area contributed by atoms with Crippen LogP contribution in [0, 0.1) is 0 Å². The lowest BCUT2D eigenvalue weighted by atomic mass is 10.4. The van der Waals surface area contributed by atoms with Gasteiger partial charge >= 0.3 is 0 Å². The molecule has 0 saturated carbocycles. The summed E-state index contributed by atoms with van der Waals surface area (Å²) in [5.41, 5.74) is 0.996. The number of aliphatic hydroxyl groups excluding tert-OH is 1. The van der Waals surface area contributed by atoms with E-state index >= 15 is 0 Å². The molecule has 0 unspecified atom stereocenters. The Balaban J connectivity index is 3.34. The predicted molar refractivity (Wildman–Crippen MR) is 49.0 cm³/mol. The first-order valence-electron chi connectivity index (χ1n) is 3.39. The Labute approximate surface area is 71.1 Å². The minimum atomic E-state index is 0.208. The third-order valence-corrected chi connectivity index (χ3v) is 1.54. The number of nitrogens with two attached hydrogens (primary N) is 1. The van der Waals surface area contributed by atoms with Gasteiger partial charge in [0.1, 0.15) is 18.7 Å². The van der Waals surface area contributed by atoms with Crippen LogP contribution in [0.4, 0.5) is 0 Å². The molecule has 11 heavy (non-hydrogen) atoms. The van der Waals surface area contributed by atoms with E-state index in [1.54, 1.807) is 0 Å². The van der Waals surface area contributed by atoms with E-state index in [-0.39, 0.29) is 6.61 Å². The number of hydrogen-bond donors (Lipinski definition) is 2. The van der Waals surface area contributed by atoms with Crippen molar-refractivity contribution in [2.45, 2.75) is 6.92 Å². The quantitative estimate of drug-likeness (QED) is 0.318. The summed E-state index contributed by atoms with van der Waals surface area (Å²) < 4.78 is 7.53. The van der Waals surface area contributed by atoms with Crippen LogP contribution in [0.2, 0.25) is 0 Å². The van der Waals surface area contributed by atoms with E-state index in [0.717, 1.165) is 30.9 Å². The molecule has 0 aromatic rings. The van der Waals surface area contributed by atoms with Crippen molar-refractivity contribution in [2.24, 2.45) is 8.80 Å². The van der Waals surface area contributed by atoms with Gasteiger partial charge < -0.3 is 10.4 Å². The second kappa shape index (κ2) is 7.71. The fourth-order valence-electron chi connectivity index (χ4n) is 0.538. The van der Waals surface area contributed by atoms with E-state index in [2.05, 4.69) is 15.5 Å². The van der Waals surface area contributed by atoms with E-state index in [0.29, 0.717) is 0 Å². The van der Waals surface area contributed by atoms with Gasteiger partial charge in [-0.1, -0.05) is 0 Å². The lowest BCUT2D eigenvalue weighted by molar-refractivity contribution is -0.642. The maximum atomic E-state index is 8.45. The summed E-state index contributed by atoms with van der Waals surface area (Å²) in [5, 5.41) is 10.4. The van der Waals surface area contributed by atoms with Gasteiger partial charge in [0.05, 0.1) is 18.9 Å². The zero-order valence-electron chi connectivity index (χ0n) is 6.66. The molecule has 0 rings (SSSR count). The molecule has 0 aliphatic heterocycles. The van der Waals surface area contributed by atoms with Gasteiger partial charge in [-0.2, -0.15) is 4.40 Å². The molecule has 0 atom stereocenters. The highest BCUT2D eigenvalue weighted by Gasteiger charge is 1.92. The zero-order chi connectivity index (χ0) is 8.53. The first kappa shape index (κ1) is 10.6. The van der Waals surface area contributed by atoms with E-state index < -0.39 is 0 Å². The number of hydrogen-bond acceptors (Lipinski definition) is 4. The van der Waals surface area contributed by atoms with Crippen molar-refractivity contribution in [2.75, 3.05) is 19.7 Å². The largest absolute Gasteiger partial charge is 0.391 e. The van der Waals surface area contributed by atoms with Gasteiger partial charge in [0.2, 0.25) is 0 Å². The van der Waals surface area contributed by atoms with Crippen molar-refractivity contribution in [3.05, 3.63) is 0 Å². The van der Waals surface area contributed by atoms with Gasteiger partial charge in [-0.15, -0.1) is 0 Å². The normalized spacial score (nSPS) is 11.6. The van der Waals surface area contributed by atoms with E-state index in [1.165, 1.54) is 0 Å². The van der Waals surface area contributed by atoms with Crippen LogP contribution in [0.25, 0.3) is 0 Å². The maximum Gasteiger partial charge on any atom is 0.115 e. The monoisotopic (exact) mass is 176 g/mol. The van der Waals surface area contributed by atoms with Crippen molar-refractivity contribution in [1.82, 2.24) is 0 Å². The molecule has 64 valence electrons. The Morgan fingerprint density at radius 2 is 2.45 bits per heavy atom. The van der Waals surface area contributed by atoms with E-state index in [9.17, 15) is 0 Å². The average Bonchev–Trinajstić information content (AvgIpc) is 2.01. The highest BCUT2D eigenvalue weighted by Crippen LogP contribution is 2.00. The average molecular weight is 176 g/mol. The van der Waals surface area contributed by atoms with Crippen molar-refractivity contribution in [1.29, 1.82) is 0 Å². The van der Waals surface area contributed by atoms with Crippen molar-refractivity contribution in [3.63, 3.8) is 0 Å². The highest BCUT2D eigenvalue weighted by molar-refractivity contribution is 7.96. The molecule has 0 aliphatic rings. The van der Waals surface area contributed by atoms with Gasteiger partial charge in [-0.25, -0.2) is 4.40 Å². The van der Waals surface area contributed by atoms with Crippen LogP contribution in [0.15, 0.2) is 8.80 Å². The molecule has 0 aromatic heterocycles. The smallest absolute Gasteiger partial charge is 0.115 e. The van der Waals surface area contributed by atoms with Crippen molar-refractivity contribution >= 4 is 24.6 Å². The Morgan fingerprint density at radius 3 is 3.00 bits per heavy atom. The van der Waals surface area contributed by atoms with Gasteiger partial charge in [-0.3, -0.25) is 0 Å². The SMILES string of the molecule is C=NSN=C(C)C[NH2+]CCO. The zero-order valence-corrected chi connectivity index (χ0v) is 7.47. The second-order valence-corrected chi connectivity index (χ2v) is 2.65. The molecule has 0 heterocycles. The lowest BCUT2D eigenvalue weighted by Crippen LogP contribution is -2.86. The summed E-state index contributed by atoms with van der Waals surface area (Å²) in [4.78, 5) is 0. The predicted octanol–water partition coefficient (Wildman–Crippen LogP) is -0.733. The molecule has 0 aromatic carbocycles. The van der Waals surface area contributed by atoms with Crippen LogP contribution in [-0.2, 0) is 0 Å². The maximum absolute atomic E-state index is 8.45. The Hall–Kier alpha value is -0.390. The Kier molecular flexibility index (Phi) is 7.44. The van der Waals surface area contributed by atoms with Crippen LogP contribution in [0.5, 0.6) is 0 Å². The number of nitrogens with zero attached hydrogens (tertiary/aromatic N) is 2. The standard InChI is InChI=1S/C6H13N3OS/c1-6(9-11-7-2)5-8-3-4-10/h8,10H,2-5H2,1H3/p+1. The molecule has 0 amide bonds. The molecule has 0 aliphatic carbocycles.